The number of rotatable bonds is 8. The molecule has 1 aromatic rings. The van der Waals surface area contributed by atoms with Crippen LogP contribution in [0.3, 0.4) is 0 Å². The van der Waals surface area contributed by atoms with Crippen LogP contribution < -0.4 is 10.6 Å². The van der Waals surface area contributed by atoms with E-state index in [9.17, 15) is 4.79 Å². The highest BCUT2D eigenvalue weighted by atomic mass is 32.1. The predicted molar refractivity (Wildman–Crippen MR) is 97.1 cm³/mol. The van der Waals surface area contributed by atoms with Gasteiger partial charge in [0, 0.05) is 18.8 Å². The lowest BCUT2D eigenvalue weighted by Crippen LogP contribution is -2.30. The minimum absolute atomic E-state index is 0.251. The molecule has 1 aromatic carbocycles. The normalized spacial score (nSPS) is 10.5. The summed E-state index contributed by atoms with van der Waals surface area (Å²) in [5, 5.41) is 6.83. The predicted octanol–water partition coefficient (Wildman–Crippen LogP) is 3.27. The number of aryl methyl sites for hydroxylation is 1. The van der Waals surface area contributed by atoms with E-state index >= 15 is 0 Å². The fourth-order valence-electron chi connectivity index (χ4n) is 1.90. The van der Waals surface area contributed by atoms with Crippen molar-refractivity contribution >= 4 is 29.0 Å². The SMILES string of the molecule is CCOC(=O)c1ccc(NC(=S)NCCCOC(C)C)c(C)c1. The van der Waals surface area contributed by atoms with Crippen LogP contribution in [-0.2, 0) is 9.47 Å². The van der Waals surface area contributed by atoms with Crippen LogP contribution in [0.4, 0.5) is 5.69 Å². The summed E-state index contributed by atoms with van der Waals surface area (Å²) in [6.45, 7) is 9.57. The molecule has 0 saturated carbocycles. The van der Waals surface area contributed by atoms with Gasteiger partial charge in [0.15, 0.2) is 5.11 Å². The topological polar surface area (TPSA) is 59.6 Å². The number of ether oxygens (including phenoxy) is 2. The third-order valence-electron chi connectivity index (χ3n) is 3.04. The van der Waals surface area contributed by atoms with Gasteiger partial charge < -0.3 is 20.1 Å². The van der Waals surface area contributed by atoms with Gasteiger partial charge in [0.25, 0.3) is 0 Å². The first-order valence-corrected chi connectivity index (χ1v) is 8.29. The molecule has 0 unspecified atom stereocenters. The summed E-state index contributed by atoms with van der Waals surface area (Å²) in [7, 11) is 0. The Morgan fingerprint density at radius 3 is 2.70 bits per heavy atom. The summed E-state index contributed by atoms with van der Waals surface area (Å²) in [5.74, 6) is -0.312. The first-order chi connectivity index (χ1) is 10.9. The number of anilines is 1. The molecule has 1 rings (SSSR count). The maximum atomic E-state index is 11.7. The summed E-state index contributed by atoms with van der Waals surface area (Å²) in [4.78, 5) is 11.7. The zero-order chi connectivity index (χ0) is 17.2. The summed E-state index contributed by atoms with van der Waals surface area (Å²) >= 11 is 5.27. The molecule has 2 N–H and O–H groups in total. The van der Waals surface area contributed by atoms with E-state index in [1.807, 2.05) is 26.8 Å². The zero-order valence-corrected chi connectivity index (χ0v) is 15.1. The van der Waals surface area contributed by atoms with Crippen molar-refractivity contribution in [2.75, 3.05) is 25.1 Å². The molecular weight excluding hydrogens is 312 g/mol. The summed E-state index contributed by atoms with van der Waals surface area (Å²) in [6, 6.07) is 5.35. The second-order valence-electron chi connectivity index (χ2n) is 5.40. The fraction of sp³-hybridized carbons (Fsp3) is 0.529. The van der Waals surface area contributed by atoms with E-state index in [-0.39, 0.29) is 12.1 Å². The molecule has 128 valence electrons. The lowest BCUT2D eigenvalue weighted by Gasteiger charge is -2.14. The molecule has 0 aliphatic heterocycles. The van der Waals surface area contributed by atoms with Gasteiger partial charge in [0.2, 0.25) is 0 Å². The molecule has 0 saturated heterocycles. The highest BCUT2D eigenvalue weighted by molar-refractivity contribution is 7.80. The Balaban J connectivity index is 2.44. The Labute approximate surface area is 143 Å². The Bertz CT molecular complexity index is 533. The van der Waals surface area contributed by atoms with E-state index < -0.39 is 0 Å². The second-order valence-corrected chi connectivity index (χ2v) is 5.81. The quantitative estimate of drug-likeness (QED) is 0.431. The number of carbonyl (C=O) groups excluding carboxylic acids is 1. The van der Waals surface area contributed by atoms with Crippen molar-refractivity contribution in [2.24, 2.45) is 0 Å². The molecule has 23 heavy (non-hydrogen) atoms. The lowest BCUT2D eigenvalue weighted by atomic mass is 10.1. The van der Waals surface area contributed by atoms with Crippen LogP contribution in [0.25, 0.3) is 0 Å². The van der Waals surface area contributed by atoms with E-state index in [1.54, 1.807) is 19.1 Å². The van der Waals surface area contributed by atoms with Crippen molar-refractivity contribution < 1.29 is 14.3 Å². The second kappa shape index (κ2) is 10.2. The van der Waals surface area contributed by atoms with Gasteiger partial charge in [0.05, 0.1) is 18.3 Å². The number of esters is 1. The van der Waals surface area contributed by atoms with Crippen LogP contribution in [0, 0.1) is 6.92 Å². The summed E-state index contributed by atoms with van der Waals surface area (Å²) in [6.07, 6.45) is 1.14. The van der Waals surface area contributed by atoms with E-state index in [4.69, 9.17) is 21.7 Å². The molecule has 0 spiro atoms. The summed E-state index contributed by atoms with van der Waals surface area (Å²) in [5.41, 5.74) is 2.34. The van der Waals surface area contributed by atoms with Gasteiger partial charge >= 0.3 is 5.97 Å². The molecule has 5 nitrogen and oxygen atoms in total. The molecule has 0 radical (unpaired) electrons. The molecule has 0 heterocycles. The lowest BCUT2D eigenvalue weighted by molar-refractivity contribution is 0.0526. The highest BCUT2D eigenvalue weighted by Gasteiger charge is 2.09. The van der Waals surface area contributed by atoms with Crippen molar-refractivity contribution in [3.63, 3.8) is 0 Å². The molecule has 0 fully saturated rings. The van der Waals surface area contributed by atoms with Crippen LogP contribution in [0.5, 0.6) is 0 Å². The van der Waals surface area contributed by atoms with Gasteiger partial charge in [0.1, 0.15) is 0 Å². The van der Waals surface area contributed by atoms with Gasteiger partial charge in [-0.15, -0.1) is 0 Å². The first-order valence-electron chi connectivity index (χ1n) is 7.88. The largest absolute Gasteiger partial charge is 0.462 e. The van der Waals surface area contributed by atoms with Crippen LogP contribution in [0.1, 0.15) is 43.1 Å². The smallest absolute Gasteiger partial charge is 0.338 e. The first kappa shape index (κ1) is 19.4. The van der Waals surface area contributed by atoms with Gasteiger partial charge in [-0.05, 0) is 70.1 Å². The van der Waals surface area contributed by atoms with Crippen molar-refractivity contribution in [3.05, 3.63) is 29.3 Å². The van der Waals surface area contributed by atoms with Gasteiger partial charge in [-0.2, -0.15) is 0 Å². The monoisotopic (exact) mass is 338 g/mol. The fourth-order valence-corrected chi connectivity index (χ4v) is 2.12. The molecule has 0 aliphatic rings. The Kier molecular flexibility index (Phi) is 8.58. The van der Waals surface area contributed by atoms with Crippen LogP contribution in [0.2, 0.25) is 0 Å². The van der Waals surface area contributed by atoms with E-state index in [1.165, 1.54) is 0 Å². The Morgan fingerprint density at radius 1 is 1.35 bits per heavy atom. The number of carbonyl (C=O) groups is 1. The highest BCUT2D eigenvalue weighted by Crippen LogP contribution is 2.17. The van der Waals surface area contributed by atoms with Crippen LogP contribution in [0.15, 0.2) is 18.2 Å². The van der Waals surface area contributed by atoms with Crippen LogP contribution >= 0.6 is 12.2 Å². The van der Waals surface area contributed by atoms with E-state index in [0.717, 1.165) is 24.2 Å². The molecule has 6 heteroatoms. The molecular formula is C17H26N2O3S. The molecule has 0 bridgehead atoms. The number of nitrogens with one attached hydrogen (secondary N) is 2. The minimum atomic E-state index is -0.312. The maximum absolute atomic E-state index is 11.7. The van der Waals surface area contributed by atoms with Crippen molar-refractivity contribution in [1.82, 2.24) is 5.32 Å². The van der Waals surface area contributed by atoms with Gasteiger partial charge in [-0.25, -0.2) is 4.79 Å². The molecule has 0 amide bonds. The number of hydrogen-bond donors (Lipinski definition) is 2. The maximum Gasteiger partial charge on any atom is 0.338 e. The molecule has 0 aromatic heterocycles. The number of benzene rings is 1. The van der Waals surface area contributed by atoms with Gasteiger partial charge in [-0.1, -0.05) is 0 Å². The van der Waals surface area contributed by atoms with Crippen molar-refractivity contribution in [3.8, 4) is 0 Å². The van der Waals surface area contributed by atoms with E-state index in [0.29, 0.717) is 23.9 Å². The Morgan fingerprint density at radius 2 is 2.09 bits per heavy atom. The van der Waals surface area contributed by atoms with Gasteiger partial charge in [-0.3, -0.25) is 0 Å². The zero-order valence-electron chi connectivity index (χ0n) is 14.3. The third kappa shape index (κ3) is 7.43. The standard InChI is InChI=1S/C17H26N2O3S/c1-5-21-16(20)14-7-8-15(13(4)11-14)19-17(23)18-9-6-10-22-12(2)3/h7-8,11-12H,5-6,9-10H2,1-4H3,(H2,18,19,23). The van der Waals surface area contributed by atoms with Crippen molar-refractivity contribution in [2.45, 2.75) is 40.2 Å². The van der Waals surface area contributed by atoms with E-state index in [2.05, 4.69) is 10.6 Å². The minimum Gasteiger partial charge on any atom is -0.462 e. The average molecular weight is 338 g/mol. The summed E-state index contributed by atoms with van der Waals surface area (Å²) < 4.78 is 10.5. The molecule has 0 atom stereocenters. The Hall–Kier alpha value is -1.66. The number of thiocarbonyl (C=S) groups is 1. The average Bonchev–Trinajstić information content (AvgIpc) is 2.49. The molecule has 0 aliphatic carbocycles. The van der Waals surface area contributed by atoms with Crippen molar-refractivity contribution in [1.29, 1.82) is 0 Å². The van der Waals surface area contributed by atoms with Crippen LogP contribution in [-0.4, -0.2) is 36.9 Å². The number of hydrogen-bond acceptors (Lipinski definition) is 4. The third-order valence-corrected chi connectivity index (χ3v) is 3.29.